The van der Waals surface area contributed by atoms with E-state index in [2.05, 4.69) is 110 Å². The average molecular weight is 634 g/mol. The summed E-state index contributed by atoms with van der Waals surface area (Å²) in [5, 5.41) is 13.5. The Kier molecular flexibility index (Phi) is 6.62. The summed E-state index contributed by atoms with van der Waals surface area (Å²) in [5.74, 6) is 1.32. The third-order valence-electron chi connectivity index (χ3n) is 10.3. The van der Waals surface area contributed by atoms with E-state index in [9.17, 15) is 5.11 Å². The second-order valence-corrected chi connectivity index (χ2v) is 13.4. The van der Waals surface area contributed by atoms with Crippen molar-refractivity contribution in [2.24, 2.45) is 0 Å². The highest BCUT2D eigenvalue weighted by molar-refractivity contribution is 5.93. The molecule has 0 aliphatic heterocycles. The lowest BCUT2D eigenvalue weighted by Gasteiger charge is -2.34. The van der Waals surface area contributed by atoms with Gasteiger partial charge in [0.15, 0.2) is 0 Å². The minimum absolute atomic E-state index is 0.159. The fraction of sp³-hybridized carbons (Fsp3) is 0.0870. The molecule has 7 aromatic rings. The largest absolute Gasteiger partial charge is 0.457 e. The van der Waals surface area contributed by atoms with E-state index in [1.54, 1.807) is 0 Å². The molecule has 0 unspecified atom stereocenters. The molecule has 0 saturated heterocycles. The summed E-state index contributed by atoms with van der Waals surface area (Å²) in [6, 6.07) is 58.2. The molecule has 0 fully saturated rings. The van der Waals surface area contributed by atoms with Crippen molar-refractivity contribution in [3.8, 4) is 33.8 Å². The lowest BCUT2D eigenvalue weighted by atomic mass is 9.81. The molecule has 0 spiro atoms. The van der Waals surface area contributed by atoms with Crippen molar-refractivity contribution >= 4 is 17.1 Å². The maximum atomic E-state index is 13.5. The van der Waals surface area contributed by atoms with Crippen LogP contribution in [0.5, 0.6) is 11.5 Å². The topological polar surface area (TPSA) is 32.7 Å². The lowest BCUT2D eigenvalue weighted by molar-refractivity contribution is 0.128. The molecule has 0 radical (unpaired) electrons. The van der Waals surface area contributed by atoms with Crippen molar-refractivity contribution < 1.29 is 9.84 Å². The van der Waals surface area contributed by atoms with E-state index in [0.717, 1.165) is 39.3 Å². The number of nitrogens with zero attached hydrogens (tertiary/aromatic N) is 1. The molecule has 0 heterocycles. The number of ether oxygens (including phenoxy) is 1. The summed E-state index contributed by atoms with van der Waals surface area (Å²) in [7, 11) is 0. The maximum absolute atomic E-state index is 13.5. The first-order chi connectivity index (χ1) is 24.0. The number of aliphatic hydroxyl groups is 1. The summed E-state index contributed by atoms with van der Waals surface area (Å²) in [4.78, 5) is 2.30. The molecule has 9 rings (SSSR count). The van der Waals surface area contributed by atoms with Crippen LogP contribution in [0.2, 0.25) is 0 Å². The summed E-state index contributed by atoms with van der Waals surface area (Å²) >= 11 is 0. The average Bonchev–Trinajstić information content (AvgIpc) is 3.55. The molecule has 2 aliphatic carbocycles. The highest BCUT2D eigenvalue weighted by atomic mass is 16.5. The number of anilines is 3. The zero-order valence-corrected chi connectivity index (χ0v) is 27.5. The Morgan fingerprint density at radius 2 is 1.04 bits per heavy atom. The van der Waals surface area contributed by atoms with E-state index < -0.39 is 5.60 Å². The van der Waals surface area contributed by atoms with Gasteiger partial charge < -0.3 is 14.7 Å². The minimum Gasteiger partial charge on any atom is -0.457 e. The molecule has 3 nitrogen and oxygen atoms in total. The SMILES string of the molecule is CC1(C)c2ccccc2-c2ccc(N(c3ccccc3)c3cccc4c3[C@](O)(c3ccccc3Oc3ccccc3)c3ccccc3-4)cc21. The Balaban J connectivity index is 1.29. The van der Waals surface area contributed by atoms with Gasteiger partial charge in [-0.2, -0.15) is 0 Å². The Labute approximate surface area is 287 Å². The van der Waals surface area contributed by atoms with Crippen LogP contribution in [-0.4, -0.2) is 5.11 Å². The van der Waals surface area contributed by atoms with Crippen LogP contribution in [0.15, 0.2) is 170 Å². The second-order valence-electron chi connectivity index (χ2n) is 13.4. The van der Waals surface area contributed by atoms with Gasteiger partial charge in [-0.1, -0.05) is 135 Å². The molecular weight excluding hydrogens is 599 g/mol. The predicted molar refractivity (Wildman–Crippen MR) is 199 cm³/mol. The number of hydrogen-bond acceptors (Lipinski definition) is 3. The van der Waals surface area contributed by atoms with Gasteiger partial charge in [-0.05, 0) is 81.9 Å². The molecule has 2 aliphatic rings. The fourth-order valence-corrected chi connectivity index (χ4v) is 8.08. The van der Waals surface area contributed by atoms with Crippen molar-refractivity contribution in [3.63, 3.8) is 0 Å². The van der Waals surface area contributed by atoms with E-state index in [-0.39, 0.29) is 5.41 Å². The first kappa shape index (κ1) is 29.3. The summed E-state index contributed by atoms with van der Waals surface area (Å²) in [6.45, 7) is 4.63. The van der Waals surface area contributed by atoms with Gasteiger partial charge in [-0.3, -0.25) is 0 Å². The number of benzene rings is 7. The Morgan fingerprint density at radius 3 is 1.80 bits per heavy atom. The normalized spacial score (nSPS) is 16.3. The van der Waals surface area contributed by atoms with Crippen LogP contribution >= 0.6 is 0 Å². The molecule has 0 bridgehead atoms. The third-order valence-corrected chi connectivity index (χ3v) is 10.3. The monoisotopic (exact) mass is 633 g/mol. The van der Waals surface area contributed by atoms with Gasteiger partial charge in [-0.25, -0.2) is 0 Å². The number of hydrogen-bond donors (Lipinski definition) is 1. The minimum atomic E-state index is -1.51. The molecule has 0 amide bonds. The van der Waals surface area contributed by atoms with E-state index in [1.165, 1.54) is 22.3 Å². The van der Waals surface area contributed by atoms with Gasteiger partial charge in [0, 0.05) is 33.5 Å². The highest BCUT2D eigenvalue weighted by Crippen LogP contribution is 2.58. The van der Waals surface area contributed by atoms with E-state index in [4.69, 9.17) is 4.74 Å². The van der Waals surface area contributed by atoms with Crippen molar-refractivity contribution in [2.75, 3.05) is 4.90 Å². The zero-order valence-electron chi connectivity index (χ0n) is 27.5. The standard InChI is InChI=1S/C46H35NO2/c1-45(2)38-23-11-9-20-34(38)36-29-28-32(30-41(36)45)47(31-16-5-3-6-17-31)42-26-15-22-37-35-21-10-12-24-39(35)46(48,44(37)42)40-25-13-14-27-43(40)49-33-18-7-4-8-19-33/h3-30,48H,1-2H3/t46-/m1/s1. The third kappa shape index (κ3) is 4.40. The molecule has 0 aromatic heterocycles. The smallest absolute Gasteiger partial charge is 0.147 e. The van der Waals surface area contributed by atoms with Crippen LogP contribution in [0, 0.1) is 0 Å². The summed E-state index contributed by atoms with van der Waals surface area (Å²) in [5.41, 5.74) is 10.8. The first-order valence-corrected chi connectivity index (χ1v) is 16.8. The number of rotatable bonds is 6. The van der Waals surface area contributed by atoms with Crippen LogP contribution in [0.3, 0.4) is 0 Å². The maximum Gasteiger partial charge on any atom is 0.147 e. The Morgan fingerprint density at radius 1 is 0.469 bits per heavy atom. The molecule has 3 heteroatoms. The fourth-order valence-electron chi connectivity index (χ4n) is 8.08. The van der Waals surface area contributed by atoms with Gasteiger partial charge in [0.2, 0.25) is 0 Å². The van der Waals surface area contributed by atoms with Crippen LogP contribution in [0.4, 0.5) is 17.1 Å². The van der Waals surface area contributed by atoms with Crippen LogP contribution in [0.1, 0.15) is 41.7 Å². The van der Waals surface area contributed by atoms with Gasteiger partial charge >= 0.3 is 0 Å². The van der Waals surface area contributed by atoms with Gasteiger partial charge in [0.1, 0.15) is 17.1 Å². The number of fused-ring (bicyclic) bond motifs is 6. The molecule has 0 saturated carbocycles. The van der Waals surface area contributed by atoms with Crippen LogP contribution in [0.25, 0.3) is 22.3 Å². The van der Waals surface area contributed by atoms with Gasteiger partial charge in [0.25, 0.3) is 0 Å². The van der Waals surface area contributed by atoms with Crippen molar-refractivity contribution in [1.82, 2.24) is 0 Å². The van der Waals surface area contributed by atoms with Gasteiger partial charge in [-0.15, -0.1) is 0 Å². The lowest BCUT2D eigenvalue weighted by Crippen LogP contribution is -2.29. The molecule has 1 atom stereocenters. The quantitative estimate of drug-likeness (QED) is 0.198. The van der Waals surface area contributed by atoms with Crippen molar-refractivity contribution in [3.05, 3.63) is 198 Å². The van der Waals surface area contributed by atoms with Crippen LogP contribution in [-0.2, 0) is 11.0 Å². The van der Waals surface area contributed by atoms with E-state index >= 15 is 0 Å². The van der Waals surface area contributed by atoms with Crippen LogP contribution < -0.4 is 9.64 Å². The van der Waals surface area contributed by atoms with Crippen molar-refractivity contribution in [2.45, 2.75) is 24.9 Å². The molecule has 49 heavy (non-hydrogen) atoms. The van der Waals surface area contributed by atoms with E-state index in [0.29, 0.717) is 17.1 Å². The Hall–Kier alpha value is -5.90. The molecule has 7 aromatic carbocycles. The Bertz CT molecular complexity index is 2360. The molecule has 1 N–H and O–H groups in total. The number of para-hydroxylation sites is 3. The molecule has 236 valence electrons. The summed E-state index contributed by atoms with van der Waals surface area (Å²) < 4.78 is 6.52. The second kappa shape index (κ2) is 11.1. The molecular formula is C46H35NO2. The highest BCUT2D eigenvalue weighted by Gasteiger charge is 2.47. The first-order valence-electron chi connectivity index (χ1n) is 16.8. The van der Waals surface area contributed by atoms with Crippen molar-refractivity contribution in [1.29, 1.82) is 0 Å². The summed E-state index contributed by atoms with van der Waals surface area (Å²) in [6.07, 6.45) is 0. The van der Waals surface area contributed by atoms with E-state index in [1.807, 2.05) is 78.9 Å². The predicted octanol–water partition coefficient (Wildman–Crippen LogP) is 11.5. The zero-order chi connectivity index (χ0) is 33.2. The van der Waals surface area contributed by atoms with Gasteiger partial charge in [0.05, 0.1) is 5.69 Å².